The van der Waals surface area contributed by atoms with E-state index >= 15 is 0 Å². The van der Waals surface area contributed by atoms with Gasteiger partial charge in [0.2, 0.25) is 0 Å². The minimum absolute atomic E-state index is 0.249. The summed E-state index contributed by atoms with van der Waals surface area (Å²) in [6, 6.07) is 17.2. The summed E-state index contributed by atoms with van der Waals surface area (Å²) in [6.45, 7) is 4.17. The van der Waals surface area contributed by atoms with Crippen LogP contribution in [0.2, 0.25) is 0 Å². The molecule has 0 aliphatic carbocycles. The molecule has 0 saturated heterocycles. The highest BCUT2D eigenvalue weighted by Crippen LogP contribution is 2.31. The van der Waals surface area contributed by atoms with Gasteiger partial charge in [-0.3, -0.25) is 10.1 Å². The highest BCUT2D eigenvalue weighted by molar-refractivity contribution is 7.16. The van der Waals surface area contributed by atoms with Crippen LogP contribution in [0, 0.1) is 18.3 Å². The molecule has 2 heterocycles. The highest BCUT2D eigenvalue weighted by atomic mass is 32.1. The lowest BCUT2D eigenvalue weighted by Crippen LogP contribution is -2.12. The first-order valence-corrected chi connectivity index (χ1v) is 11.0. The number of hydrogen-bond acceptors (Lipinski definition) is 6. The van der Waals surface area contributed by atoms with E-state index in [1.165, 1.54) is 27.8 Å². The molecule has 0 spiro atoms. The van der Waals surface area contributed by atoms with Crippen molar-refractivity contribution in [3.8, 4) is 23.0 Å². The Morgan fingerprint density at radius 2 is 1.91 bits per heavy atom. The molecule has 4 aromatic rings. The summed E-state index contributed by atoms with van der Waals surface area (Å²) in [5.74, 6) is 0.0134. The third-order valence-corrected chi connectivity index (χ3v) is 5.97. The molecular weight excluding hydrogens is 420 g/mol. The van der Waals surface area contributed by atoms with Crippen LogP contribution in [0.1, 0.15) is 39.7 Å². The number of nitrogens with zero attached hydrogens (tertiary/aromatic N) is 4. The highest BCUT2D eigenvalue weighted by Gasteiger charge is 2.14. The average molecular weight is 443 g/mol. The van der Waals surface area contributed by atoms with Crippen molar-refractivity contribution in [3.63, 3.8) is 0 Å². The standard InChI is InChI=1S/C24H22N6OS/c1-3-4-16-5-7-17(8-6-16)21-15(2)32-24(28-21)29-23(31)18-9-11-20(12-10-18)30-22(26)19(13-25)14-27-30/h5-12,14H,3-4,26H2,1-2H3,(H,28,29,31). The van der Waals surface area contributed by atoms with Gasteiger partial charge < -0.3 is 5.73 Å². The number of aryl methyl sites for hydroxylation is 2. The van der Waals surface area contributed by atoms with Crippen molar-refractivity contribution in [2.75, 3.05) is 11.1 Å². The molecular formula is C24H22N6OS. The van der Waals surface area contributed by atoms with Gasteiger partial charge in [0.1, 0.15) is 17.5 Å². The van der Waals surface area contributed by atoms with Crippen LogP contribution in [0.4, 0.5) is 10.9 Å². The molecule has 0 bridgehead atoms. The van der Waals surface area contributed by atoms with E-state index in [0.717, 1.165) is 29.0 Å². The Balaban J connectivity index is 1.49. The summed E-state index contributed by atoms with van der Waals surface area (Å²) >= 11 is 1.45. The quantitative estimate of drug-likeness (QED) is 0.438. The molecule has 0 aliphatic heterocycles. The predicted molar refractivity (Wildman–Crippen MR) is 127 cm³/mol. The number of thiazole rings is 1. The SMILES string of the molecule is CCCc1ccc(-c2nc(NC(=O)c3ccc(-n4ncc(C#N)c4N)cc3)sc2C)cc1. The van der Waals surface area contributed by atoms with Crippen molar-refractivity contribution in [2.24, 2.45) is 0 Å². The molecule has 0 saturated carbocycles. The first-order chi connectivity index (χ1) is 15.5. The van der Waals surface area contributed by atoms with Gasteiger partial charge in [-0.15, -0.1) is 11.3 Å². The number of nitriles is 1. The topological polar surface area (TPSA) is 110 Å². The fraction of sp³-hybridized carbons (Fsp3) is 0.167. The van der Waals surface area contributed by atoms with Crippen molar-refractivity contribution < 1.29 is 4.79 Å². The van der Waals surface area contributed by atoms with Gasteiger partial charge in [0, 0.05) is 16.0 Å². The number of carbonyl (C=O) groups excluding carboxylic acids is 1. The molecule has 8 heteroatoms. The average Bonchev–Trinajstić information content (AvgIpc) is 3.36. The number of benzene rings is 2. The largest absolute Gasteiger partial charge is 0.382 e. The second-order valence-corrected chi connectivity index (χ2v) is 8.54. The second-order valence-electron chi connectivity index (χ2n) is 7.34. The maximum Gasteiger partial charge on any atom is 0.257 e. The molecule has 0 radical (unpaired) electrons. The molecule has 0 fully saturated rings. The van der Waals surface area contributed by atoms with Crippen molar-refractivity contribution in [2.45, 2.75) is 26.7 Å². The van der Waals surface area contributed by atoms with E-state index in [1.54, 1.807) is 24.3 Å². The molecule has 32 heavy (non-hydrogen) atoms. The third kappa shape index (κ3) is 4.24. The summed E-state index contributed by atoms with van der Waals surface area (Å²) in [4.78, 5) is 18.4. The Morgan fingerprint density at radius 1 is 1.19 bits per heavy atom. The van der Waals surface area contributed by atoms with Gasteiger partial charge in [0.25, 0.3) is 5.91 Å². The first kappa shape index (κ1) is 21.3. The molecule has 2 aromatic heterocycles. The third-order valence-electron chi connectivity index (χ3n) is 5.08. The molecule has 4 rings (SSSR count). The van der Waals surface area contributed by atoms with E-state index in [-0.39, 0.29) is 11.7 Å². The predicted octanol–water partition coefficient (Wildman–Crippen LogP) is 4.96. The van der Waals surface area contributed by atoms with Crippen LogP contribution < -0.4 is 11.1 Å². The zero-order chi connectivity index (χ0) is 22.7. The number of nitrogens with one attached hydrogen (secondary N) is 1. The summed E-state index contributed by atoms with van der Waals surface area (Å²) < 4.78 is 1.46. The molecule has 0 unspecified atom stereocenters. The van der Waals surface area contributed by atoms with Gasteiger partial charge >= 0.3 is 0 Å². The lowest BCUT2D eigenvalue weighted by atomic mass is 10.1. The second kappa shape index (κ2) is 9.04. The lowest BCUT2D eigenvalue weighted by Gasteiger charge is -2.06. The Kier molecular flexibility index (Phi) is 6.01. The molecule has 0 atom stereocenters. The molecule has 160 valence electrons. The Hall–Kier alpha value is -3.96. The van der Waals surface area contributed by atoms with E-state index in [9.17, 15) is 4.79 Å². The van der Waals surface area contributed by atoms with E-state index in [2.05, 4.69) is 46.6 Å². The van der Waals surface area contributed by atoms with Gasteiger partial charge in [0.05, 0.1) is 17.6 Å². The number of anilines is 2. The summed E-state index contributed by atoms with van der Waals surface area (Å²) in [6.07, 6.45) is 3.58. The number of amides is 1. The Morgan fingerprint density at radius 3 is 2.53 bits per heavy atom. The number of aromatic nitrogens is 3. The zero-order valence-electron chi connectivity index (χ0n) is 17.8. The van der Waals surface area contributed by atoms with E-state index in [1.807, 2.05) is 13.0 Å². The Labute approximate surface area is 190 Å². The van der Waals surface area contributed by atoms with Gasteiger partial charge in [0.15, 0.2) is 5.13 Å². The number of carbonyl (C=O) groups is 1. The maximum absolute atomic E-state index is 12.7. The number of rotatable bonds is 6. The van der Waals surface area contributed by atoms with E-state index < -0.39 is 0 Å². The van der Waals surface area contributed by atoms with E-state index in [4.69, 9.17) is 11.0 Å². The fourth-order valence-corrected chi connectivity index (χ4v) is 4.24. The van der Waals surface area contributed by atoms with Gasteiger partial charge in [-0.2, -0.15) is 10.4 Å². The summed E-state index contributed by atoms with van der Waals surface area (Å²) in [5.41, 5.74) is 10.6. The first-order valence-electron chi connectivity index (χ1n) is 10.2. The Bertz CT molecular complexity index is 1300. The monoisotopic (exact) mass is 442 g/mol. The summed E-state index contributed by atoms with van der Waals surface area (Å²) in [7, 11) is 0. The van der Waals surface area contributed by atoms with Crippen LogP contribution in [0.25, 0.3) is 16.9 Å². The molecule has 1 amide bonds. The number of nitrogens with two attached hydrogens (primary N) is 1. The van der Waals surface area contributed by atoms with Crippen molar-refractivity contribution in [3.05, 3.63) is 76.3 Å². The van der Waals surface area contributed by atoms with Crippen molar-refractivity contribution in [1.29, 1.82) is 5.26 Å². The van der Waals surface area contributed by atoms with Crippen LogP contribution in [0.5, 0.6) is 0 Å². The normalized spacial score (nSPS) is 10.7. The molecule has 3 N–H and O–H groups in total. The molecule has 0 aliphatic rings. The van der Waals surface area contributed by atoms with Crippen LogP contribution in [-0.4, -0.2) is 20.7 Å². The minimum Gasteiger partial charge on any atom is -0.382 e. The van der Waals surface area contributed by atoms with Crippen LogP contribution >= 0.6 is 11.3 Å². The van der Waals surface area contributed by atoms with Gasteiger partial charge in [-0.25, -0.2) is 9.67 Å². The summed E-state index contributed by atoms with van der Waals surface area (Å²) in [5, 5.41) is 16.6. The lowest BCUT2D eigenvalue weighted by molar-refractivity contribution is 0.102. The number of hydrogen-bond donors (Lipinski definition) is 2. The maximum atomic E-state index is 12.7. The van der Waals surface area contributed by atoms with Gasteiger partial charge in [-0.05, 0) is 43.2 Å². The fourth-order valence-electron chi connectivity index (χ4n) is 3.41. The van der Waals surface area contributed by atoms with Crippen molar-refractivity contribution >= 4 is 28.2 Å². The van der Waals surface area contributed by atoms with Crippen LogP contribution in [0.15, 0.2) is 54.7 Å². The van der Waals surface area contributed by atoms with E-state index in [0.29, 0.717) is 21.9 Å². The van der Waals surface area contributed by atoms with Crippen LogP contribution in [-0.2, 0) is 6.42 Å². The number of nitrogen functional groups attached to an aromatic ring is 1. The van der Waals surface area contributed by atoms with Crippen LogP contribution in [0.3, 0.4) is 0 Å². The van der Waals surface area contributed by atoms with Gasteiger partial charge in [-0.1, -0.05) is 37.6 Å². The zero-order valence-corrected chi connectivity index (χ0v) is 18.6. The van der Waals surface area contributed by atoms with Crippen molar-refractivity contribution in [1.82, 2.24) is 14.8 Å². The minimum atomic E-state index is -0.249. The molecule has 7 nitrogen and oxygen atoms in total. The molecule has 2 aromatic carbocycles. The smallest absolute Gasteiger partial charge is 0.257 e.